The summed E-state index contributed by atoms with van der Waals surface area (Å²) < 4.78 is 39.6. The van der Waals surface area contributed by atoms with Gasteiger partial charge in [0.05, 0.1) is 6.20 Å². The number of anilines is 1. The number of aromatic nitrogens is 2. The van der Waals surface area contributed by atoms with E-state index in [-0.39, 0.29) is 17.5 Å². The van der Waals surface area contributed by atoms with E-state index in [4.69, 9.17) is 11.6 Å². The number of nitrogens with zero attached hydrogens (tertiary/aromatic N) is 4. The number of amides is 2. The van der Waals surface area contributed by atoms with Gasteiger partial charge >= 0.3 is 12.1 Å². The maximum atomic E-state index is 13.0. The van der Waals surface area contributed by atoms with Crippen LogP contribution in [0.1, 0.15) is 33.1 Å². The molecule has 0 spiro atoms. The first-order valence-electron chi connectivity index (χ1n) is 9.21. The second-order valence-electron chi connectivity index (χ2n) is 6.95. The lowest BCUT2D eigenvalue weighted by atomic mass is 10.1. The average molecular weight is 433 g/mol. The van der Waals surface area contributed by atoms with Gasteiger partial charge in [-0.15, -0.1) is 0 Å². The van der Waals surface area contributed by atoms with Crippen LogP contribution in [0.15, 0.2) is 24.9 Å². The number of carbonyl (C=O) groups excluding carboxylic acids is 2. The monoisotopic (exact) mass is 432 g/mol. The zero-order valence-electron chi connectivity index (χ0n) is 16.5. The molecule has 1 saturated carbocycles. The van der Waals surface area contributed by atoms with Crippen molar-refractivity contribution in [2.45, 2.75) is 45.3 Å². The highest BCUT2D eigenvalue weighted by molar-refractivity contribution is 6.32. The first kappa shape index (κ1) is 23.0. The number of halogens is 4. The SMILES string of the molecule is C=C/C=C(\C)n1cc(N(CC)C(=O)[C@H]2CC[C@@H](N(C)C(=O)C(F)(F)F)C2)c(Cl)n1. The van der Waals surface area contributed by atoms with Gasteiger partial charge in [0.1, 0.15) is 5.69 Å². The lowest BCUT2D eigenvalue weighted by Crippen LogP contribution is -2.44. The molecule has 1 aromatic heterocycles. The van der Waals surface area contributed by atoms with Crippen LogP contribution < -0.4 is 4.90 Å². The summed E-state index contributed by atoms with van der Waals surface area (Å²) in [5.41, 5.74) is 1.18. The number of alkyl halides is 3. The lowest BCUT2D eigenvalue weighted by molar-refractivity contribution is -0.186. The van der Waals surface area contributed by atoms with E-state index in [0.29, 0.717) is 30.0 Å². The first-order chi connectivity index (χ1) is 13.5. The second-order valence-corrected chi connectivity index (χ2v) is 7.31. The summed E-state index contributed by atoms with van der Waals surface area (Å²) >= 11 is 6.23. The Morgan fingerprint density at radius 2 is 2.07 bits per heavy atom. The van der Waals surface area contributed by atoms with Gasteiger partial charge in [-0.1, -0.05) is 24.3 Å². The first-order valence-corrected chi connectivity index (χ1v) is 9.59. The van der Waals surface area contributed by atoms with Crippen LogP contribution in [-0.2, 0) is 9.59 Å². The van der Waals surface area contributed by atoms with Crippen LogP contribution in [0.3, 0.4) is 0 Å². The fourth-order valence-corrected chi connectivity index (χ4v) is 3.75. The minimum atomic E-state index is -4.93. The minimum Gasteiger partial charge on any atom is -0.335 e. The molecule has 0 aromatic carbocycles. The average Bonchev–Trinajstić information content (AvgIpc) is 3.28. The van der Waals surface area contributed by atoms with Crippen LogP contribution in [0.4, 0.5) is 18.9 Å². The zero-order valence-corrected chi connectivity index (χ0v) is 17.3. The largest absolute Gasteiger partial charge is 0.471 e. The minimum absolute atomic E-state index is 0.149. The van der Waals surface area contributed by atoms with Crippen molar-refractivity contribution in [1.29, 1.82) is 0 Å². The summed E-state index contributed by atoms with van der Waals surface area (Å²) in [5, 5.41) is 4.34. The van der Waals surface area contributed by atoms with Crippen LogP contribution >= 0.6 is 11.6 Å². The van der Waals surface area contributed by atoms with Gasteiger partial charge in [0.15, 0.2) is 5.15 Å². The molecular formula is C19H24ClF3N4O2. The van der Waals surface area contributed by atoms with Crippen molar-refractivity contribution in [1.82, 2.24) is 14.7 Å². The van der Waals surface area contributed by atoms with Gasteiger partial charge in [-0.2, -0.15) is 18.3 Å². The quantitative estimate of drug-likeness (QED) is 0.635. The van der Waals surface area contributed by atoms with Gasteiger partial charge in [-0.05, 0) is 39.2 Å². The van der Waals surface area contributed by atoms with E-state index in [1.165, 1.54) is 9.58 Å². The van der Waals surface area contributed by atoms with Crippen molar-refractivity contribution in [3.8, 4) is 0 Å². The summed E-state index contributed by atoms with van der Waals surface area (Å²) in [6, 6.07) is -0.632. The fourth-order valence-electron chi connectivity index (χ4n) is 3.52. The maximum absolute atomic E-state index is 13.0. The Hall–Kier alpha value is -2.29. The highest BCUT2D eigenvalue weighted by atomic mass is 35.5. The van der Waals surface area contributed by atoms with E-state index in [1.54, 1.807) is 25.3 Å². The van der Waals surface area contributed by atoms with E-state index in [9.17, 15) is 22.8 Å². The van der Waals surface area contributed by atoms with Crippen LogP contribution in [0.5, 0.6) is 0 Å². The van der Waals surface area contributed by atoms with Crippen LogP contribution in [0.25, 0.3) is 5.70 Å². The number of hydrogen-bond acceptors (Lipinski definition) is 3. The molecule has 0 unspecified atom stereocenters. The molecule has 0 aliphatic heterocycles. The highest BCUT2D eigenvalue weighted by Gasteiger charge is 2.45. The predicted molar refractivity (Wildman–Crippen MR) is 105 cm³/mol. The van der Waals surface area contributed by atoms with Gasteiger partial charge < -0.3 is 9.80 Å². The van der Waals surface area contributed by atoms with Crippen molar-refractivity contribution >= 4 is 34.8 Å². The molecule has 0 N–H and O–H groups in total. The third-order valence-electron chi connectivity index (χ3n) is 5.11. The van der Waals surface area contributed by atoms with Crippen molar-refractivity contribution in [2.75, 3.05) is 18.5 Å². The van der Waals surface area contributed by atoms with Crippen LogP contribution in [0.2, 0.25) is 5.15 Å². The van der Waals surface area contributed by atoms with Gasteiger partial charge in [-0.3, -0.25) is 9.59 Å². The number of allylic oxidation sites excluding steroid dienone is 3. The van der Waals surface area contributed by atoms with E-state index in [2.05, 4.69) is 11.7 Å². The summed E-state index contributed by atoms with van der Waals surface area (Å²) in [5.74, 6) is -2.63. The summed E-state index contributed by atoms with van der Waals surface area (Å²) in [6.07, 6.45) is 0.951. The molecular weight excluding hydrogens is 409 g/mol. The Labute approximate surface area is 172 Å². The molecule has 1 fully saturated rings. The molecule has 29 heavy (non-hydrogen) atoms. The number of rotatable bonds is 6. The van der Waals surface area contributed by atoms with Crippen molar-refractivity contribution in [2.24, 2.45) is 5.92 Å². The van der Waals surface area contributed by atoms with Crippen LogP contribution in [-0.4, -0.2) is 52.3 Å². The van der Waals surface area contributed by atoms with Crippen molar-refractivity contribution in [3.63, 3.8) is 0 Å². The second kappa shape index (κ2) is 9.02. The van der Waals surface area contributed by atoms with E-state index in [1.807, 2.05) is 6.92 Å². The molecule has 2 atom stereocenters. The molecule has 1 aliphatic carbocycles. The van der Waals surface area contributed by atoms with Gasteiger partial charge in [0.25, 0.3) is 0 Å². The molecule has 2 amide bonds. The highest BCUT2D eigenvalue weighted by Crippen LogP contribution is 2.35. The summed E-state index contributed by atoms with van der Waals surface area (Å²) in [6.45, 7) is 7.54. The normalized spacial score (nSPS) is 19.9. The van der Waals surface area contributed by atoms with Crippen molar-refractivity contribution < 1.29 is 22.8 Å². The molecule has 160 valence electrons. The third-order valence-corrected chi connectivity index (χ3v) is 5.38. The molecule has 6 nitrogen and oxygen atoms in total. The molecule has 1 aromatic rings. The van der Waals surface area contributed by atoms with Crippen molar-refractivity contribution in [3.05, 3.63) is 30.1 Å². The Morgan fingerprint density at radius 3 is 2.62 bits per heavy atom. The molecule has 1 aliphatic rings. The predicted octanol–water partition coefficient (Wildman–Crippen LogP) is 4.13. The maximum Gasteiger partial charge on any atom is 0.471 e. The van der Waals surface area contributed by atoms with Gasteiger partial charge in [0, 0.05) is 31.2 Å². The molecule has 0 radical (unpaired) electrons. The molecule has 10 heteroatoms. The van der Waals surface area contributed by atoms with Gasteiger partial charge in [0.2, 0.25) is 5.91 Å². The smallest absolute Gasteiger partial charge is 0.335 e. The summed E-state index contributed by atoms with van der Waals surface area (Å²) in [7, 11) is 1.13. The Balaban J connectivity index is 2.16. The Kier molecular flexibility index (Phi) is 7.15. The lowest BCUT2D eigenvalue weighted by Gasteiger charge is -2.26. The zero-order chi connectivity index (χ0) is 21.9. The van der Waals surface area contributed by atoms with E-state index >= 15 is 0 Å². The number of carbonyl (C=O) groups is 2. The molecule has 1 heterocycles. The number of hydrogen-bond donors (Lipinski definition) is 0. The fraction of sp³-hybridized carbons (Fsp3) is 0.526. The molecule has 2 rings (SSSR count). The third kappa shape index (κ3) is 5.01. The van der Waals surface area contributed by atoms with Crippen LogP contribution in [0, 0.1) is 5.92 Å². The van der Waals surface area contributed by atoms with Gasteiger partial charge in [-0.25, -0.2) is 4.68 Å². The molecule has 0 saturated heterocycles. The Morgan fingerprint density at radius 1 is 1.41 bits per heavy atom. The summed E-state index contributed by atoms with van der Waals surface area (Å²) in [4.78, 5) is 26.7. The molecule has 0 bridgehead atoms. The standard InChI is InChI=1S/C19H24ClF3N4O2/c1-5-7-12(3)27-11-15(16(20)24-27)26(6-2)17(28)13-8-9-14(10-13)25(4)18(29)19(21,22)23/h5,7,11,13-14H,1,6,8-10H2,2-4H3/b12-7+/t13-,14+/m0/s1. The Bertz CT molecular complexity index is 819. The topological polar surface area (TPSA) is 58.4 Å². The van der Waals surface area contributed by atoms with E-state index < -0.39 is 24.0 Å². The van der Waals surface area contributed by atoms with E-state index in [0.717, 1.165) is 12.7 Å².